The molecule has 0 saturated carbocycles. The van der Waals surface area contributed by atoms with Gasteiger partial charge in [-0.2, -0.15) is 0 Å². The molecule has 0 bridgehead atoms. The van der Waals surface area contributed by atoms with Crippen molar-refractivity contribution in [2.24, 2.45) is 4.36 Å². The van der Waals surface area contributed by atoms with Gasteiger partial charge in [-0.25, -0.2) is 9.00 Å². The third kappa shape index (κ3) is 4.98. The van der Waals surface area contributed by atoms with E-state index in [1.807, 2.05) is 0 Å². The first-order chi connectivity index (χ1) is 12.7. The third-order valence-corrected chi connectivity index (χ3v) is 4.74. The number of nitro groups is 2. The van der Waals surface area contributed by atoms with Crippen LogP contribution in [-0.2, 0) is 14.7 Å². The topological polar surface area (TPSA) is 151 Å². The fourth-order valence-corrected chi connectivity index (χ4v) is 3.20. The van der Waals surface area contributed by atoms with E-state index >= 15 is 0 Å². The number of nitro benzene ring substituents is 2. The fraction of sp³-hybridized carbons (Fsp3) is 0.133. The van der Waals surface area contributed by atoms with Gasteiger partial charge in [-0.15, -0.1) is 0 Å². The molecule has 27 heavy (non-hydrogen) atoms. The maximum Gasteiger partial charge on any atom is 0.444 e. The Morgan fingerprint density at radius 1 is 1.00 bits per heavy atom. The van der Waals surface area contributed by atoms with Gasteiger partial charge in [0.1, 0.15) is 5.75 Å². The molecule has 0 aliphatic carbocycles. The summed E-state index contributed by atoms with van der Waals surface area (Å²) in [4.78, 5) is 31.8. The first-order valence-corrected chi connectivity index (χ1v) is 8.81. The quantitative estimate of drug-likeness (QED) is 0.532. The Morgan fingerprint density at radius 2 is 1.48 bits per heavy atom. The van der Waals surface area contributed by atoms with E-state index in [2.05, 4.69) is 9.10 Å². The highest BCUT2D eigenvalue weighted by molar-refractivity contribution is 7.89. The summed E-state index contributed by atoms with van der Waals surface area (Å²) in [6.07, 6.45) is -1.15. The number of nitrogens with zero attached hydrogens (tertiary/aromatic N) is 3. The van der Waals surface area contributed by atoms with Gasteiger partial charge in [0.15, 0.2) is 0 Å². The van der Waals surface area contributed by atoms with Crippen LogP contribution >= 0.6 is 0 Å². The van der Waals surface area contributed by atoms with Gasteiger partial charge in [-0.05, 0) is 31.2 Å². The van der Waals surface area contributed by atoms with Crippen molar-refractivity contribution in [3.05, 3.63) is 68.8 Å². The van der Waals surface area contributed by atoms with Crippen LogP contribution in [0.4, 0.5) is 16.2 Å². The molecule has 142 valence electrons. The van der Waals surface area contributed by atoms with E-state index in [1.165, 1.54) is 19.1 Å². The summed E-state index contributed by atoms with van der Waals surface area (Å²) >= 11 is 0. The fourth-order valence-electron chi connectivity index (χ4n) is 1.86. The molecule has 12 heteroatoms. The lowest BCUT2D eigenvalue weighted by Crippen LogP contribution is -2.13. The Morgan fingerprint density at radius 3 is 1.93 bits per heavy atom. The van der Waals surface area contributed by atoms with Crippen LogP contribution in [0.25, 0.3) is 0 Å². The summed E-state index contributed by atoms with van der Waals surface area (Å²) in [5, 5.41) is 21.4. The van der Waals surface area contributed by atoms with Gasteiger partial charge in [0, 0.05) is 24.3 Å². The summed E-state index contributed by atoms with van der Waals surface area (Å²) < 4.78 is 26.5. The van der Waals surface area contributed by atoms with Crippen molar-refractivity contribution in [2.75, 3.05) is 6.61 Å². The van der Waals surface area contributed by atoms with Gasteiger partial charge in [0.25, 0.3) is 11.4 Å². The van der Waals surface area contributed by atoms with Crippen molar-refractivity contribution in [1.82, 2.24) is 0 Å². The van der Waals surface area contributed by atoms with Crippen molar-refractivity contribution < 1.29 is 27.8 Å². The van der Waals surface area contributed by atoms with E-state index in [0.717, 1.165) is 36.4 Å². The predicted molar refractivity (Wildman–Crippen MR) is 92.7 cm³/mol. The molecule has 2 aromatic carbocycles. The molecule has 0 heterocycles. The lowest BCUT2D eigenvalue weighted by molar-refractivity contribution is -0.385. The number of hydrogen-bond donors (Lipinski definition) is 0. The lowest BCUT2D eigenvalue weighted by Gasteiger charge is -2.11. The van der Waals surface area contributed by atoms with Crippen LogP contribution in [0.2, 0.25) is 0 Å². The second kappa shape index (κ2) is 8.23. The van der Waals surface area contributed by atoms with Crippen LogP contribution in [0, 0.1) is 20.2 Å². The number of carbonyl (C=O) groups excluding carboxylic acids is 1. The Hall–Kier alpha value is -3.54. The number of carbonyl (C=O) groups is 1. The van der Waals surface area contributed by atoms with Gasteiger partial charge >= 0.3 is 6.09 Å². The van der Waals surface area contributed by atoms with Gasteiger partial charge in [-0.1, -0.05) is 4.36 Å². The third-order valence-electron chi connectivity index (χ3n) is 3.06. The molecule has 0 spiro atoms. The van der Waals surface area contributed by atoms with Crippen molar-refractivity contribution in [3.8, 4) is 5.75 Å². The van der Waals surface area contributed by atoms with Gasteiger partial charge in [0.05, 0.1) is 21.3 Å². The molecule has 0 aliphatic heterocycles. The monoisotopic (exact) mass is 395 g/mol. The van der Waals surface area contributed by atoms with E-state index in [1.54, 1.807) is 0 Å². The van der Waals surface area contributed by atoms with E-state index in [9.17, 15) is 29.2 Å². The van der Waals surface area contributed by atoms with Crippen LogP contribution in [0.5, 0.6) is 5.75 Å². The number of hydrogen-bond acceptors (Lipinski definition) is 8. The largest absolute Gasteiger partial charge is 0.448 e. The van der Waals surface area contributed by atoms with Crippen LogP contribution in [0.3, 0.4) is 0 Å². The number of amides is 1. The molecule has 0 N–H and O–H groups in total. The summed E-state index contributed by atoms with van der Waals surface area (Å²) in [6.45, 7) is 1.51. The summed E-state index contributed by atoms with van der Waals surface area (Å²) in [5.41, 5.74) is -0.474. The molecule has 0 aliphatic rings. The molecule has 0 fully saturated rings. The van der Waals surface area contributed by atoms with Crippen molar-refractivity contribution in [3.63, 3.8) is 0 Å². The number of rotatable bonds is 6. The molecule has 1 amide bonds. The zero-order valence-electron chi connectivity index (χ0n) is 13.8. The van der Waals surface area contributed by atoms with Crippen LogP contribution in [0.15, 0.2) is 57.8 Å². The van der Waals surface area contributed by atoms with Gasteiger partial charge in [-0.3, -0.25) is 20.2 Å². The molecule has 11 nitrogen and oxygen atoms in total. The molecule has 0 unspecified atom stereocenters. The van der Waals surface area contributed by atoms with Crippen LogP contribution < -0.4 is 4.18 Å². The highest BCUT2D eigenvalue weighted by Crippen LogP contribution is 2.25. The average molecular weight is 395 g/mol. The maximum absolute atomic E-state index is 13.1. The SMILES string of the molecule is CCOC(=O)N=[S@](=O)(Oc1ccc([N+](=O)[O-])cc1)c1ccc([N+](=O)[O-])cc1. The smallest absolute Gasteiger partial charge is 0.444 e. The first-order valence-electron chi connectivity index (χ1n) is 7.37. The lowest BCUT2D eigenvalue weighted by atomic mass is 10.3. The minimum absolute atomic E-state index is 0.0182. The normalized spacial score (nSPS) is 12.5. The highest BCUT2D eigenvalue weighted by atomic mass is 32.2. The zero-order chi connectivity index (χ0) is 20.0. The minimum Gasteiger partial charge on any atom is -0.448 e. The number of non-ortho nitro benzene ring substituents is 2. The van der Waals surface area contributed by atoms with Gasteiger partial charge in [0.2, 0.25) is 10.0 Å². The second-order valence-corrected chi connectivity index (χ2v) is 6.62. The molecular formula is C15H13N3O8S. The van der Waals surface area contributed by atoms with E-state index < -0.39 is 25.9 Å². The number of ether oxygens (including phenoxy) is 1. The Bertz CT molecular complexity index is 979. The Labute approximate surface area is 153 Å². The van der Waals surface area contributed by atoms with E-state index in [0.29, 0.717) is 0 Å². The molecular weight excluding hydrogens is 382 g/mol. The van der Waals surface area contributed by atoms with Crippen LogP contribution in [0.1, 0.15) is 6.92 Å². The Balaban J connectivity index is 2.46. The molecule has 0 saturated heterocycles. The van der Waals surface area contributed by atoms with Crippen molar-refractivity contribution >= 4 is 27.5 Å². The molecule has 2 aromatic rings. The Kier molecular flexibility index (Phi) is 6.03. The molecule has 0 radical (unpaired) electrons. The first kappa shape index (κ1) is 19.8. The molecule has 1 atom stereocenters. The van der Waals surface area contributed by atoms with E-state index in [4.69, 9.17) is 4.18 Å². The second-order valence-electron chi connectivity index (χ2n) is 4.85. The van der Waals surface area contributed by atoms with Crippen molar-refractivity contribution in [2.45, 2.75) is 11.8 Å². The molecule has 2 rings (SSSR count). The predicted octanol–water partition coefficient (Wildman–Crippen LogP) is 3.48. The standard InChI is InChI=1S/C15H13N3O8S/c1-2-25-15(19)16-27(24,14-9-5-12(6-10-14)18(22)23)26-13-7-3-11(4-8-13)17(20)21/h3-10H,2H2,1H3/t27-/m1/s1. The van der Waals surface area contributed by atoms with Gasteiger partial charge < -0.3 is 8.92 Å². The molecule has 0 aromatic heterocycles. The highest BCUT2D eigenvalue weighted by Gasteiger charge is 2.20. The van der Waals surface area contributed by atoms with E-state index in [-0.39, 0.29) is 28.6 Å². The van der Waals surface area contributed by atoms with Crippen LogP contribution in [-0.4, -0.2) is 26.8 Å². The van der Waals surface area contributed by atoms with Crippen molar-refractivity contribution in [1.29, 1.82) is 0 Å². The summed E-state index contributed by atoms with van der Waals surface area (Å²) in [7, 11) is -3.86. The maximum atomic E-state index is 13.1. The number of benzene rings is 2. The average Bonchev–Trinajstić information content (AvgIpc) is 2.62. The minimum atomic E-state index is -3.86. The zero-order valence-corrected chi connectivity index (χ0v) is 14.7. The summed E-state index contributed by atoms with van der Waals surface area (Å²) in [5.74, 6) is -0.0583. The summed E-state index contributed by atoms with van der Waals surface area (Å²) in [6, 6.07) is 9.03.